The summed E-state index contributed by atoms with van der Waals surface area (Å²) in [6.07, 6.45) is 2.18. The lowest BCUT2D eigenvalue weighted by atomic mass is 10.0. The smallest absolute Gasteiger partial charge is 0.168 e. The molecule has 24 heavy (non-hydrogen) atoms. The summed E-state index contributed by atoms with van der Waals surface area (Å²) < 4.78 is 40.4. The summed E-state index contributed by atoms with van der Waals surface area (Å²) in [5.41, 5.74) is -0.128. The molecule has 4 nitrogen and oxygen atoms in total. The zero-order chi connectivity index (χ0) is 16.7. The molecule has 1 saturated heterocycles. The number of anilines is 1. The fourth-order valence-electron chi connectivity index (χ4n) is 3.79. The van der Waals surface area contributed by atoms with Crippen molar-refractivity contribution in [3.8, 4) is 11.3 Å². The van der Waals surface area contributed by atoms with Gasteiger partial charge in [-0.15, -0.1) is 10.2 Å². The molecule has 2 unspecified atom stereocenters. The summed E-state index contributed by atoms with van der Waals surface area (Å²) in [6, 6.07) is 4.96. The Bertz CT molecular complexity index is 738. The first-order valence-corrected chi connectivity index (χ1v) is 8.06. The lowest BCUT2D eigenvalue weighted by Gasteiger charge is -2.14. The topological polar surface area (TPSA) is 49.8 Å². The van der Waals surface area contributed by atoms with Gasteiger partial charge in [-0.1, -0.05) is 0 Å². The van der Waals surface area contributed by atoms with Crippen molar-refractivity contribution < 1.29 is 13.2 Å². The predicted molar refractivity (Wildman–Crippen MR) is 83.8 cm³/mol. The van der Waals surface area contributed by atoms with Crippen molar-refractivity contribution in [3.63, 3.8) is 0 Å². The van der Waals surface area contributed by atoms with Gasteiger partial charge in [0.25, 0.3) is 0 Å². The van der Waals surface area contributed by atoms with Gasteiger partial charge in [0, 0.05) is 17.7 Å². The van der Waals surface area contributed by atoms with Gasteiger partial charge in [0.1, 0.15) is 11.6 Å². The fraction of sp³-hybridized carbons (Fsp3) is 0.412. The Labute approximate surface area is 137 Å². The van der Waals surface area contributed by atoms with Crippen LogP contribution in [-0.2, 0) is 0 Å². The molecule has 2 N–H and O–H groups in total. The van der Waals surface area contributed by atoms with Crippen LogP contribution in [0.25, 0.3) is 11.3 Å². The van der Waals surface area contributed by atoms with Crippen LogP contribution >= 0.6 is 0 Å². The van der Waals surface area contributed by atoms with E-state index < -0.39 is 17.5 Å². The number of fused-ring (bicyclic) bond motifs is 1. The summed E-state index contributed by atoms with van der Waals surface area (Å²) in [5.74, 6) is -1.20. The van der Waals surface area contributed by atoms with Gasteiger partial charge < -0.3 is 10.6 Å². The van der Waals surface area contributed by atoms with E-state index in [4.69, 9.17) is 0 Å². The molecule has 2 aliphatic rings. The van der Waals surface area contributed by atoms with Crippen molar-refractivity contribution in [1.82, 2.24) is 15.5 Å². The molecule has 1 aliphatic carbocycles. The molecule has 0 bridgehead atoms. The molecule has 1 aliphatic heterocycles. The summed E-state index contributed by atoms with van der Waals surface area (Å²) in [6.45, 7) is 2.13. The van der Waals surface area contributed by atoms with Crippen molar-refractivity contribution in [2.75, 3.05) is 18.4 Å². The molecule has 0 amide bonds. The SMILES string of the molecule is Fc1cc(F)c(F)c(-c2ccc(NC3CC4CNCC4C3)nn2)c1. The van der Waals surface area contributed by atoms with Gasteiger partial charge in [0.2, 0.25) is 0 Å². The first kappa shape index (κ1) is 15.4. The standard InChI is InChI=1S/C17H17F3N4/c18-11-5-13(17(20)14(19)6-11)15-1-2-16(24-23-15)22-12-3-9-7-21-8-10(9)4-12/h1-2,5-6,9-10,12,21H,3-4,7-8H2,(H,22,24). The number of rotatable bonds is 3. The molecule has 0 radical (unpaired) electrons. The monoisotopic (exact) mass is 334 g/mol. The van der Waals surface area contributed by atoms with Gasteiger partial charge in [-0.05, 0) is 56.0 Å². The van der Waals surface area contributed by atoms with E-state index in [2.05, 4.69) is 20.8 Å². The van der Waals surface area contributed by atoms with Gasteiger partial charge in [-0.3, -0.25) is 0 Å². The predicted octanol–water partition coefficient (Wildman–Crippen LogP) is 2.97. The summed E-state index contributed by atoms with van der Waals surface area (Å²) in [5, 5.41) is 14.7. The second-order valence-corrected chi connectivity index (χ2v) is 6.54. The fourth-order valence-corrected chi connectivity index (χ4v) is 3.79. The van der Waals surface area contributed by atoms with E-state index in [1.165, 1.54) is 6.07 Å². The van der Waals surface area contributed by atoms with Crippen molar-refractivity contribution in [2.45, 2.75) is 18.9 Å². The zero-order valence-electron chi connectivity index (χ0n) is 12.9. The number of hydrogen-bond donors (Lipinski definition) is 2. The molecule has 126 valence electrons. The molecule has 2 fully saturated rings. The Hall–Kier alpha value is -2.15. The number of halogens is 3. The van der Waals surface area contributed by atoms with E-state index in [9.17, 15) is 13.2 Å². The molecule has 4 rings (SSSR count). The molecule has 1 aromatic heterocycles. The summed E-state index contributed by atoms with van der Waals surface area (Å²) in [7, 11) is 0. The minimum atomic E-state index is -1.24. The van der Waals surface area contributed by atoms with Crippen LogP contribution in [0.1, 0.15) is 12.8 Å². The van der Waals surface area contributed by atoms with Crippen LogP contribution < -0.4 is 10.6 Å². The minimum Gasteiger partial charge on any atom is -0.366 e. The van der Waals surface area contributed by atoms with Crippen LogP contribution in [0.3, 0.4) is 0 Å². The maximum absolute atomic E-state index is 13.8. The Kier molecular flexibility index (Phi) is 3.88. The van der Waals surface area contributed by atoms with Gasteiger partial charge in [-0.2, -0.15) is 0 Å². The molecule has 2 aromatic rings. The second kappa shape index (κ2) is 6.05. The van der Waals surface area contributed by atoms with Crippen LogP contribution in [0, 0.1) is 29.3 Å². The Morgan fingerprint density at radius 1 is 1.00 bits per heavy atom. The van der Waals surface area contributed by atoms with Crippen molar-refractivity contribution in [3.05, 3.63) is 41.7 Å². The molecule has 2 atom stereocenters. The highest BCUT2D eigenvalue weighted by atomic mass is 19.2. The average molecular weight is 334 g/mol. The third-order valence-electron chi connectivity index (χ3n) is 4.94. The van der Waals surface area contributed by atoms with E-state index in [1.807, 2.05) is 0 Å². The highest BCUT2D eigenvalue weighted by molar-refractivity contribution is 5.60. The van der Waals surface area contributed by atoms with E-state index in [1.54, 1.807) is 6.07 Å². The van der Waals surface area contributed by atoms with Crippen LogP contribution in [0.2, 0.25) is 0 Å². The quantitative estimate of drug-likeness (QED) is 0.848. The number of nitrogens with one attached hydrogen (secondary N) is 2. The highest BCUT2D eigenvalue weighted by Crippen LogP contribution is 2.35. The zero-order valence-corrected chi connectivity index (χ0v) is 12.9. The van der Waals surface area contributed by atoms with Crippen molar-refractivity contribution in [2.24, 2.45) is 11.8 Å². The summed E-state index contributed by atoms with van der Waals surface area (Å²) in [4.78, 5) is 0. The lowest BCUT2D eigenvalue weighted by molar-refractivity contribution is 0.494. The molecular formula is C17H17F3N4. The number of benzene rings is 1. The maximum Gasteiger partial charge on any atom is 0.168 e. The van der Waals surface area contributed by atoms with Gasteiger partial charge in [0.15, 0.2) is 11.6 Å². The first-order valence-electron chi connectivity index (χ1n) is 8.06. The Morgan fingerprint density at radius 3 is 2.42 bits per heavy atom. The van der Waals surface area contributed by atoms with E-state index in [0.29, 0.717) is 29.8 Å². The van der Waals surface area contributed by atoms with Gasteiger partial charge in [0.05, 0.1) is 5.69 Å². The van der Waals surface area contributed by atoms with Crippen molar-refractivity contribution in [1.29, 1.82) is 0 Å². The van der Waals surface area contributed by atoms with Crippen LogP contribution in [0.5, 0.6) is 0 Å². The molecule has 0 spiro atoms. The molecule has 1 saturated carbocycles. The Balaban J connectivity index is 1.49. The molecule has 2 heterocycles. The third kappa shape index (κ3) is 2.84. The molecule has 1 aromatic carbocycles. The lowest BCUT2D eigenvalue weighted by Crippen LogP contribution is -2.21. The minimum absolute atomic E-state index is 0.101. The largest absolute Gasteiger partial charge is 0.366 e. The second-order valence-electron chi connectivity index (χ2n) is 6.54. The van der Waals surface area contributed by atoms with Gasteiger partial charge >= 0.3 is 0 Å². The first-order chi connectivity index (χ1) is 11.6. The van der Waals surface area contributed by atoms with Crippen molar-refractivity contribution >= 4 is 5.82 Å². The molecular weight excluding hydrogens is 317 g/mol. The summed E-state index contributed by atoms with van der Waals surface area (Å²) >= 11 is 0. The van der Waals surface area contributed by atoms with E-state index in [-0.39, 0.29) is 11.3 Å². The Morgan fingerprint density at radius 2 is 1.75 bits per heavy atom. The van der Waals surface area contributed by atoms with Gasteiger partial charge in [-0.25, -0.2) is 13.2 Å². The normalized spacial score (nSPS) is 25.7. The number of aromatic nitrogens is 2. The number of hydrogen-bond acceptors (Lipinski definition) is 4. The average Bonchev–Trinajstić information content (AvgIpc) is 3.13. The highest BCUT2D eigenvalue weighted by Gasteiger charge is 2.37. The van der Waals surface area contributed by atoms with Crippen LogP contribution in [-0.4, -0.2) is 29.3 Å². The van der Waals surface area contributed by atoms with E-state index in [0.717, 1.165) is 32.0 Å². The third-order valence-corrected chi connectivity index (χ3v) is 4.94. The van der Waals surface area contributed by atoms with E-state index >= 15 is 0 Å². The van der Waals surface area contributed by atoms with Crippen LogP contribution in [0.15, 0.2) is 24.3 Å². The molecule has 7 heteroatoms. The maximum atomic E-state index is 13.8. The number of nitrogens with zero attached hydrogens (tertiary/aromatic N) is 2. The van der Waals surface area contributed by atoms with Crippen LogP contribution in [0.4, 0.5) is 19.0 Å².